The summed E-state index contributed by atoms with van der Waals surface area (Å²) in [5.74, 6) is 0.127. The van der Waals surface area contributed by atoms with Gasteiger partial charge in [0.2, 0.25) is 5.67 Å². The Kier molecular flexibility index (Phi) is 4.27. The Bertz CT molecular complexity index is 896. The first-order chi connectivity index (χ1) is 12.5. The Morgan fingerprint density at radius 2 is 2.04 bits per heavy atom. The Balaban J connectivity index is 1.78. The number of ether oxygens (including phenoxy) is 1. The van der Waals surface area contributed by atoms with Gasteiger partial charge >= 0.3 is 0 Å². The van der Waals surface area contributed by atoms with Crippen LogP contribution in [0.4, 0.5) is 8.78 Å². The highest BCUT2D eigenvalue weighted by molar-refractivity contribution is 6.31. The molecule has 26 heavy (non-hydrogen) atoms. The van der Waals surface area contributed by atoms with E-state index in [1.165, 1.54) is 12.3 Å². The van der Waals surface area contributed by atoms with Crippen LogP contribution in [0, 0.1) is 6.92 Å². The third-order valence-corrected chi connectivity index (χ3v) is 4.93. The van der Waals surface area contributed by atoms with Crippen molar-refractivity contribution in [3.8, 4) is 5.75 Å². The van der Waals surface area contributed by atoms with Gasteiger partial charge in [-0.25, -0.2) is 8.78 Å². The molecule has 2 aliphatic carbocycles. The second-order valence-corrected chi connectivity index (χ2v) is 7.14. The molecule has 2 unspecified atom stereocenters. The number of allylic oxidation sites excluding steroid dienone is 2. The SMILES string of the molecule is Cc1cccc(C2CC2)c1OC1C(F)=CC(Cl)=CC1(F)c1cccnn1. The van der Waals surface area contributed by atoms with Gasteiger partial charge in [-0.05, 0) is 61.1 Å². The summed E-state index contributed by atoms with van der Waals surface area (Å²) in [6, 6.07) is 8.75. The number of nitrogens with zero attached hydrogens (tertiary/aromatic N) is 2. The fraction of sp³-hybridized carbons (Fsp3) is 0.300. The van der Waals surface area contributed by atoms with Gasteiger partial charge in [-0.2, -0.15) is 10.2 Å². The summed E-state index contributed by atoms with van der Waals surface area (Å²) in [5.41, 5.74) is -0.579. The van der Waals surface area contributed by atoms with Crippen LogP contribution >= 0.6 is 11.6 Å². The van der Waals surface area contributed by atoms with Crippen LogP contribution in [0.3, 0.4) is 0 Å². The molecule has 1 aromatic heterocycles. The number of hydrogen-bond acceptors (Lipinski definition) is 3. The number of aryl methyl sites for hydroxylation is 1. The summed E-state index contributed by atoms with van der Waals surface area (Å²) >= 11 is 5.94. The van der Waals surface area contributed by atoms with Crippen LogP contribution in [0.5, 0.6) is 5.75 Å². The Morgan fingerprint density at radius 1 is 1.23 bits per heavy atom. The highest BCUT2D eigenvalue weighted by Gasteiger charge is 2.48. The molecule has 2 aromatic rings. The van der Waals surface area contributed by atoms with Gasteiger partial charge in [-0.15, -0.1) is 0 Å². The summed E-state index contributed by atoms with van der Waals surface area (Å²) in [6.07, 6.45) is 4.23. The number of halogens is 3. The zero-order valence-corrected chi connectivity index (χ0v) is 14.9. The number of hydrogen-bond donors (Lipinski definition) is 0. The van der Waals surface area contributed by atoms with Crippen molar-refractivity contribution in [2.75, 3.05) is 0 Å². The number of aromatic nitrogens is 2. The molecule has 0 spiro atoms. The van der Waals surface area contributed by atoms with E-state index in [2.05, 4.69) is 10.2 Å². The summed E-state index contributed by atoms with van der Waals surface area (Å²) < 4.78 is 36.7. The number of para-hydroxylation sites is 1. The molecule has 0 saturated heterocycles. The molecule has 2 atom stereocenters. The minimum atomic E-state index is -2.35. The quantitative estimate of drug-likeness (QED) is 0.731. The van der Waals surface area contributed by atoms with Crippen molar-refractivity contribution in [3.05, 3.63) is 76.4 Å². The van der Waals surface area contributed by atoms with Crippen LogP contribution in [-0.4, -0.2) is 16.3 Å². The molecular weight excluding hydrogens is 358 g/mol. The molecule has 0 aliphatic heterocycles. The molecule has 0 bridgehead atoms. The lowest BCUT2D eigenvalue weighted by atomic mass is 9.89. The molecule has 2 aliphatic rings. The van der Waals surface area contributed by atoms with E-state index >= 15 is 4.39 Å². The van der Waals surface area contributed by atoms with Crippen molar-refractivity contribution in [1.82, 2.24) is 10.2 Å². The van der Waals surface area contributed by atoms with Gasteiger partial charge in [0.1, 0.15) is 17.3 Å². The molecule has 1 aromatic carbocycles. The molecule has 0 radical (unpaired) electrons. The van der Waals surface area contributed by atoms with E-state index in [1.54, 1.807) is 6.07 Å². The zero-order chi connectivity index (χ0) is 18.3. The van der Waals surface area contributed by atoms with Crippen LogP contribution in [0.1, 0.15) is 35.6 Å². The first-order valence-corrected chi connectivity index (χ1v) is 8.85. The molecule has 3 nitrogen and oxygen atoms in total. The van der Waals surface area contributed by atoms with E-state index in [0.29, 0.717) is 11.7 Å². The molecule has 1 fully saturated rings. The Labute approximate surface area is 155 Å². The van der Waals surface area contributed by atoms with Crippen LogP contribution in [0.25, 0.3) is 0 Å². The van der Waals surface area contributed by atoms with Gasteiger partial charge in [0.15, 0.2) is 6.10 Å². The lowest BCUT2D eigenvalue weighted by Gasteiger charge is -2.33. The maximum atomic E-state index is 16.0. The van der Waals surface area contributed by atoms with Crippen LogP contribution in [0.2, 0.25) is 0 Å². The fourth-order valence-corrected chi connectivity index (χ4v) is 3.52. The highest BCUT2D eigenvalue weighted by Crippen LogP contribution is 2.48. The molecule has 1 saturated carbocycles. The van der Waals surface area contributed by atoms with Gasteiger partial charge in [-0.1, -0.05) is 29.8 Å². The van der Waals surface area contributed by atoms with Crippen molar-refractivity contribution in [2.45, 2.75) is 37.5 Å². The third kappa shape index (κ3) is 3.01. The number of alkyl halides is 1. The average Bonchev–Trinajstić information content (AvgIpc) is 3.45. The second kappa shape index (κ2) is 6.47. The predicted molar refractivity (Wildman–Crippen MR) is 95.5 cm³/mol. The average molecular weight is 375 g/mol. The van der Waals surface area contributed by atoms with Gasteiger partial charge in [0, 0.05) is 11.2 Å². The van der Waals surface area contributed by atoms with Crippen molar-refractivity contribution >= 4 is 11.6 Å². The van der Waals surface area contributed by atoms with Gasteiger partial charge in [0.05, 0.1) is 0 Å². The minimum Gasteiger partial charge on any atom is -0.479 e. The monoisotopic (exact) mass is 374 g/mol. The van der Waals surface area contributed by atoms with E-state index in [9.17, 15) is 4.39 Å². The Morgan fingerprint density at radius 3 is 2.73 bits per heavy atom. The van der Waals surface area contributed by atoms with E-state index in [4.69, 9.17) is 16.3 Å². The van der Waals surface area contributed by atoms with Crippen molar-refractivity contribution in [2.24, 2.45) is 0 Å². The smallest absolute Gasteiger partial charge is 0.217 e. The van der Waals surface area contributed by atoms with Crippen molar-refractivity contribution in [3.63, 3.8) is 0 Å². The molecule has 4 rings (SSSR count). The van der Waals surface area contributed by atoms with E-state index < -0.39 is 17.6 Å². The lowest BCUT2D eigenvalue weighted by molar-refractivity contribution is 0.0443. The van der Waals surface area contributed by atoms with E-state index in [1.807, 2.05) is 25.1 Å². The minimum absolute atomic E-state index is 0.0392. The van der Waals surface area contributed by atoms with E-state index in [-0.39, 0.29) is 10.7 Å². The summed E-state index contributed by atoms with van der Waals surface area (Å²) in [5, 5.41) is 7.50. The fourth-order valence-electron chi connectivity index (χ4n) is 3.25. The van der Waals surface area contributed by atoms with Crippen molar-refractivity contribution in [1.29, 1.82) is 0 Å². The third-order valence-electron chi connectivity index (χ3n) is 4.72. The van der Waals surface area contributed by atoms with E-state index in [0.717, 1.165) is 36.1 Å². The molecule has 6 heteroatoms. The van der Waals surface area contributed by atoms with Crippen LogP contribution in [0.15, 0.2) is 59.5 Å². The first-order valence-electron chi connectivity index (χ1n) is 8.48. The van der Waals surface area contributed by atoms with Crippen molar-refractivity contribution < 1.29 is 13.5 Å². The zero-order valence-electron chi connectivity index (χ0n) is 14.1. The predicted octanol–water partition coefficient (Wildman–Crippen LogP) is 5.26. The summed E-state index contributed by atoms with van der Waals surface area (Å²) in [4.78, 5) is 0. The molecule has 134 valence electrons. The maximum Gasteiger partial charge on any atom is 0.217 e. The van der Waals surface area contributed by atoms with Gasteiger partial charge < -0.3 is 4.74 Å². The topological polar surface area (TPSA) is 35.0 Å². The highest BCUT2D eigenvalue weighted by atomic mass is 35.5. The largest absolute Gasteiger partial charge is 0.479 e. The molecule has 1 heterocycles. The second-order valence-electron chi connectivity index (χ2n) is 6.70. The van der Waals surface area contributed by atoms with Gasteiger partial charge in [0.25, 0.3) is 0 Å². The normalized spacial score (nSPS) is 25.5. The lowest BCUT2D eigenvalue weighted by Crippen LogP contribution is -2.41. The molecule has 0 N–H and O–H groups in total. The Hall–Kier alpha value is -2.27. The molecule has 0 amide bonds. The number of benzene rings is 1. The van der Waals surface area contributed by atoms with Crippen LogP contribution in [-0.2, 0) is 5.67 Å². The standard InChI is InChI=1S/C20H17ClF2N2O/c1-12-4-2-5-15(13-7-8-13)18(12)26-19-16(22)10-14(21)11-20(19,23)17-6-3-9-24-25-17/h2-6,9-11,13,19H,7-8H2,1H3. The summed E-state index contributed by atoms with van der Waals surface area (Å²) in [6.45, 7) is 1.87. The molecular formula is C20H17ClF2N2O. The van der Waals surface area contributed by atoms with Crippen LogP contribution < -0.4 is 4.74 Å². The summed E-state index contributed by atoms with van der Waals surface area (Å²) in [7, 11) is 0. The van der Waals surface area contributed by atoms with Gasteiger partial charge in [-0.3, -0.25) is 0 Å². The maximum absolute atomic E-state index is 16.0. The first kappa shape index (κ1) is 17.2. The number of rotatable bonds is 4.